The third-order valence-electron chi connectivity index (χ3n) is 3.25. The van der Waals surface area contributed by atoms with E-state index < -0.39 is 6.04 Å². The Morgan fingerprint density at radius 1 is 1.53 bits per heavy atom. The van der Waals surface area contributed by atoms with Crippen LogP contribution in [0.2, 0.25) is 0 Å². The molecule has 4 heteroatoms. The highest BCUT2D eigenvalue weighted by atomic mass is 16.5. The maximum absolute atomic E-state index is 11.5. The van der Waals surface area contributed by atoms with Crippen LogP contribution in [0.5, 0.6) is 0 Å². The molecule has 0 bridgehead atoms. The van der Waals surface area contributed by atoms with Gasteiger partial charge in [0.15, 0.2) is 0 Å². The molecule has 3 N–H and O–H groups in total. The van der Waals surface area contributed by atoms with Crippen molar-refractivity contribution in [1.29, 1.82) is 0 Å². The standard InChI is InChI=1S/C13H26N2O2/c1-9(14)12(16)15-8-10-6-5-7-17-11(10)13(2,3)4/h9-11H,5-8,14H2,1-4H3,(H,15,16)/t9-,10?,11?/m1/s1. The van der Waals surface area contributed by atoms with Crippen molar-refractivity contribution in [2.24, 2.45) is 17.1 Å². The fourth-order valence-corrected chi connectivity index (χ4v) is 2.40. The number of amides is 1. The smallest absolute Gasteiger partial charge is 0.236 e. The number of rotatable bonds is 3. The van der Waals surface area contributed by atoms with Crippen LogP contribution in [0.3, 0.4) is 0 Å². The summed E-state index contributed by atoms with van der Waals surface area (Å²) in [6, 6.07) is -0.437. The van der Waals surface area contributed by atoms with Gasteiger partial charge in [-0.15, -0.1) is 0 Å². The van der Waals surface area contributed by atoms with Crippen molar-refractivity contribution >= 4 is 5.91 Å². The molecular formula is C13H26N2O2. The molecule has 0 radical (unpaired) electrons. The minimum atomic E-state index is -0.437. The van der Waals surface area contributed by atoms with E-state index in [2.05, 4.69) is 26.1 Å². The van der Waals surface area contributed by atoms with Crippen molar-refractivity contribution in [3.63, 3.8) is 0 Å². The Kier molecular flexibility index (Phi) is 4.95. The molecule has 0 aromatic heterocycles. The molecule has 1 rings (SSSR count). The molecule has 1 aliphatic heterocycles. The van der Waals surface area contributed by atoms with Crippen LogP contribution in [0.1, 0.15) is 40.5 Å². The number of nitrogens with two attached hydrogens (primary N) is 1. The average Bonchev–Trinajstić information content (AvgIpc) is 2.24. The Morgan fingerprint density at radius 3 is 2.71 bits per heavy atom. The first-order valence-corrected chi connectivity index (χ1v) is 6.47. The summed E-state index contributed by atoms with van der Waals surface area (Å²) >= 11 is 0. The van der Waals surface area contributed by atoms with Gasteiger partial charge >= 0.3 is 0 Å². The van der Waals surface area contributed by atoms with E-state index in [1.54, 1.807) is 6.92 Å². The molecule has 0 aromatic carbocycles. The summed E-state index contributed by atoms with van der Waals surface area (Å²) in [7, 11) is 0. The summed E-state index contributed by atoms with van der Waals surface area (Å²) in [5.74, 6) is 0.315. The van der Waals surface area contributed by atoms with Crippen LogP contribution >= 0.6 is 0 Å². The molecule has 1 aliphatic rings. The van der Waals surface area contributed by atoms with E-state index in [4.69, 9.17) is 10.5 Å². The van der Waals surface area contributed by atoms with Gasteiger partial charge in [-0.2, -0.15) is 0 Å². The number of hydrogen-bond acceptors (Lipinski definition) is 3. The first-order chi connectivity index (χ1) is 7.82. The summed E-state index contributed by atoms with van der Waals surface area (Å²) in [5, 5.41) is 2.91. The second kappa shape index (κ2) is 5.83. The van der Waals surface area contributed by atoms with Crippen molar-refractivity contribution < 1.29 is 9.53 Å². The Bertz CT molecular complexity index is 259. The van der Waals surface area contributed by atoms with Crippen molar-refractivity contribution in [1.82, 2.24) is 5.32 Å². The second-order valence-electron chi connectivity index (χ2n) is 6.09. The highest BCUT2D eigenvalue weighted by Gasteiger charge is 2.35. The molecule has 100 valence electrons. The fraction of sp³-hybridized carbons (Fsp3) is 0.923. The lowest BCUT2D eigenvalue weighted by Gasteiger charge is -2.40. The number of carbonyl (C=O) groups is 1. The third kappa shape index (κ3) is 4.28. The van der Waals surface area contributed by atoms with E-state index in [1.807, 2.05) is 0 Å². The molecule has 4 nitrogen and oxygen atoms in total. The third-order valence-corrected chi connectivity index (χ3v) is 3.25. The summed E-state index contributed by atoms with van der Waals surface area (Å²) in [4.78, 5) is 11.5. The largest absolute Gasteiger partial charge is 0.377 e. The predicted octanol–water partition coefficient (Wildman–Crippen LogP) is 1.29. The van der Waals surface area contributed by atoms with Crippen LogP contribution in [0.15, 0.2) is 0 Å². The van der Waals surface area contributed by atoms with Gasteiger partial charge < -0.3 is 15.8 Å². The van der Waals surface area contributed by atoms with Crippen molar-refractivity contribution in [2.45, 2.75) is 52.7 Å². The SMILES string of the molecule is C[C@@H](N)C(=O)NCC1CCCOC1C(C)(C)C. The average molecular weight is 242 g/mol. The van der Waals surface area contributed by atoms with Crippen LogP contribution in [0.4, 0.5) is 0 Å². The Labute approximate surface area is 104 Å². The number of hydrogen-bond donors (Lipinski definition) is 2. The lowest BCUT2D eigenvalue weighted by atomic mass is 9.78. The highest BCUT2D eigenvalue weighted by Crippen LogP contribution is 2.33. The molecule has 1 amide bonds. The zero-order valence-corrected chi connectivity index (χ0v) is 11.5. The minimum Gasteiger partial charge on any atom is -0.377 e. The van der Waals surface area contributed by atoms with E-state index >= 15 is 0 Å². The van der Waals surface area contributed by atoms with E-state index in [0.717, 1.165) is 19.4 Å². The van der Waals surface area contributed by atoms with Crippen LogP contribution in [-0.2, 0) is 9.53 Å². The number of carbonyl (C=O) groups excluding carboxylic acids is 1. The van der Waals surface area contributed by atoms with Gasteiger partial charge in [0.05, 0.1) is 12.1 Å². The summed E-state index contributed by atoms with van der Waals surface area (Å²) < 4.78 is 5.87. The Balaban J connectivity index is 2.52. The molecule has 2 unspecified atom stereocenters. The van der Waals surface area contributed by atoms with Crippen molar-refractivity contribution in [3.05, 3.63) is 0 Å². The van der Waals surface area contributed by atoms with Crippen molar-refractivity contribution in [3.8, 4) is 0 Å². The molecular weight excluding hydrogens is 216 g/mol. The fourth-order valence-electron chi connectivity index (χ4n) is 2.40. The van der Waals surface area contributed by atoms with Gasteiger partial charge in [0.2, 0.25) is 5.91 Å². The second-order valence-corrected chi connectivity index (χ2v) is 6.09. The van der Waals surface area contributed by atoms with E-state index in [1.165, 1.54) is 0 Å². The topological polar surface area (TPSA) is 64.4 Å². The van der Waals surface area contributed by atoms with E-state index in [-0.39, 0.29) is 17.4 Å². The predicted molar refractivity (Wildman–Crippen MR) is 68.6 cm³/mol. The Hall–Kier alpha value is -0.610. The number of nitrogens with one attached hydrogen (secondary N) is 1. The molecule has 17 heavy (non-hydrogen) atoms. The number of ether oxygens (including phenoxy) is 1. The van der Waals surface area contributed by atoms with Gasteiger partial charge in [-0.1, -0.05) is 20.8 Å². The maximum Gasteiger partial charge on any atom is 0.236 e. The van der Waals surface area contributed by atoms with Crippen LogP contribution in [0, 0.1) is 11.3 Å². The molecule has 0 spiro atoms. The van der Waals surface area contributed by atoms with Gasteiger partial charge in [-0.05, 0) is 25.2 Å². The first kappa shape index (κ1) is 14.5. The summed E-state index contributed by atoms with van der Waals surface area (Å²) in [5.41, 5.74) is 5.64. The maximum atomic E-state index is 11.5. The first-order valence-electron chi connectivity index (χ1n) is 6.47. The van der Waals surface area contributed by atoms with E-state index in [9.17, 15) is 4.79 Å². The molecule has 3 atom stereocenters. The minimum absolute atomic E-state index is 0.0803. The van der Waals surface area contributed by atoms with Crippen molar-refractivity contribution in [2.75, 3.05) is 13.2 Å². The van der Waals surface area contributed by atoms with E-state index in [0.29, 0.717) is 12.5 Å². The van der Waals surface area contributed by atoms with Crippen LogP contribution in [0.25, 0.3) is 0 Å². The van der Waals surface area contributed by atoms with Gasteiger partial charge in [0.1, 0.15) is 0 Å². The summed E-state index contributed by atoms with van der Waals surface area (Å²) in [6.07, 6.45) is 2.40. The highest BCUT2D eigenvalue weighted by molar-refractivity contribution is 5.80. The van der Waals surface area contributed by atoms with Crippen LogP contribution < -0.4 is 11.1 Å². The molecule has 0 aliphatic carbocycles. The molecule has 1 saturated heterocycles. The van der Waals surface area contributed by atoms with Gasteiger partial charge in [0.25, 0.3) is 0 Å². The lowest BCUT2D eigenvalue weighted by Crippen LogP contribution is -2.47. The van der Waals surface area contributed by atoms with Crippen LogP contribution in [-0.4, -0.2) is 31.2 Å². The molecule has 1 heterocycles. The zero-order valence-electron chi connectivity index (χ0n) is 11.5. The zero-order chi connectivity index (χ0) is 13.1. The van der Waals surface area contributed by atoms with Gasteiger partial charge in [0, 0.05) is 19.1 Å². The molecule has 1 fully saturated rings. The quantitative estimate of drug-likeness (QED) is 0.784. The molecule has 0 saturated carbocycles. The van der Waals surface area contributed by atoms with Gasteiger partial charge in [-0.3, -0.25) is 4.79 Å². The lowest BCUT2D eigenvalue weighted by molar-refractivity contribution is -0.123. The Morgan fingerprint density at radius 2 is 2.18 bits per heavy atom. The normalized spacial score (nSPS) is 27.6. The monoisotopic (exact) mass is 242 g/mol. The summed E-state index contributed by atoms with van der Waals surface area (Å²) in [6.45, 7) is 9.76. The molecule has 0 aromatic rings. The van der Waals surface area contributed by atoms with Gasteiger partial charge in [-0.25, -0.2) is 0 Å².